The molecule has 1 amide bonds. The molecule has 1 fully saturated rings. The van der Waals surface area contributed by atoms with E-state index in [1.807, 2.05) is 19.1 Å². The third kappa shape index (κ3) is 4.93. The number of halogens is 1. The maximum atomic E-state index is 12.4. The van der Waals surface area contributed by atoms with Crippen LogP contribution in [0.25, 0.3) is 0 Å². The highest BCUT2D eigenvalue weighted by atomic mass is 35.5. The molecule has 1 aliphatic heterocycles. The van der Waals surface area contributed by atoms with E-state index in [9.17, 15) is 4.79 Å². The first-order valence-corrected chi connectivity index (χ1v) is 8.19. The van der Waals surface area contributed by atoms with Gasteiger partial charge in [0.1, 0.15) is 0 Å². The number of nitrogens with zero attached hydrogens (tertiary/aromatic N) is 1. The van der Waals surface area contributed by atoms with Crippen LogP contribution in [0.5, 0.6) is 0 Å². The molecule has 1 aromatic carbocycles. The summed E-state index contributed by atoms with van der Waals surface area (Å²) in [5.74, 6) is 0.0651. The Kier molecular flexibility index (Phi) is 7.05. The van der Waals surface area contributed by atoms with Gasteiger partial charge in [0.15, 0.2) is 0 Å². The van der Waals surface area contributed by atoms with Crippen LogP contribution in [0.4, 0.5) is 5.69 Å². The van der Waals surface area contributed by atoms with Crippen LogP contribution in [-0.2, 0) is 11.2 Å². The lowest BCUT2D eigenvalue weighted by Crippen LogP contribution is -2.53. The number of carbonyl (C=O) groups is 1. The van der Waals surface area contributed by atoms with Gasteiger partial charge < -0.3 is 11.1 Å². The molecule has 4 nitrogen and oxygen atoms in total. The normalized spacial score (nSPS) is 20.7. The minimum atomic E-state index is 0. The molecule has 2 rings (SSSR count). The third-order valence-corrected chi connectivity index (χ3v) is 4.76. The summed E-state index contributed by atoms with van der Waals surface area (Å²) in [6.45, 7) is 10.7. The Labute approximate surface area is 146 Å². The van der Waals surface area contributed by atoms with Crippen molar-refractivity contribution in [2.45, 2.75) is 46.6 Å². The van der Waals surface area contributed by atoms with Gasteiger partial charge in [0.2, 0.25) is 5.91 Å². The lowest BCUT2D eigenvalue weighted by Gasteiger charge is -2.42. The van der Waals surface area contributed by atoms with E-state index in [0.29, 0.717) is 6.54 Å². The minimum Gasteiger partial charge on any atom is -0.327 e. The highest BCUT2D eigenvalue weighted by Gasteiger charge is 2.33. The van der Waals surface area contributed by atoms with Crippen LogP contribution in [-0.4, -0.2) is 36.5 Å². The van der Waals surface area contributed by atoms with Crippen LogP contribution in [0, 0.1) is 12.3 Å². The number of hydrogen-bond donors (Lipinski definition) is 2. The van der Waals surface area contributed by atoms with Gasteiger partial charge in [-0.05, 0) is 36.3 Å². The summed E-state index contributed by atoms with van der Waals surface area (Å²) in [5.41, 5.74) is 9.51. The highest BCUT2D eigenvalue weighted by Crippen LogP contribution is 2.27. The molecular formula is C18H30ClN3O. The largest absolute Gasteiger partial charge is 0.327 e. The fourth-order valence-corrected chi connectivity index (χ4v) is 3.20. The van der Waals surface area contributed by atoms with Crippen LogP contribution in [0.1, 0.15) is 38.3 Å². The van der Waals surface area contributed by atoms with Crippen molar-refractivity contribution in [1.29, 1.82) is 0 Å². The van der Waals surface area contributed by atoms with Gasteiger partial charge in [-0.1, -0.05) is 39.0 Å². The molecule has 23 heavy (non-hydrogen) atoms. The Morgan fingerprint density at radius 1 is 1.43 bits per heavy atom. The van der Waals surface area contributed by atoms with Crippen LogP contribution >= 0.6 is 12.4 Å². The number of para-hydroxylation sites is 1. The summed E-state index contributed by atoms with van der Waals surface area (Å²) in [6.07, 6.45) is 1.87. The summed E-state index contributed by atoms with van der Waals surface area (Å²) >= 11 is 0. The minimum absolute atomic E-state index is 0. The standard InChI is InChI=1S/C18H29N3O.ClH/c1-5-14-8-6-7-13(2)17(14)20-16(22)11-21-10-9-15(19)18(3,4)12-21;/h6-8,15H,5,9-12,19H2,1-4H3,(H,20,22);1H. The van der Waals surface area contributed by atoms with Crippen molar-refractivity contribution in [3.8, 4) is 0 Å². The number of piperidine rings is 1. The fourth-order valence-electron chi connectivity index (χ4n) is 3.20. The van der Waals surface area contributed by atoms with Gasteiger partial charge in [-0.15, -0.1) is 12.4 Å². The van der Waals surface area contributed by atoms with E-state index in [1.54, 1.807) is 0 Å². The van der Waals surface area contributed by atoms with Crippen molar-refractivity contribution in [3.63, 3.8) is 0 Å². The number of likely N-dealkylation sites (tertiary alicyclic amines) is 1. The maximum Gasteiger partial charge on any atom is 0.238 e. The molecule has 1 aliphatic rings. The number of nitrogens with two attached hydrogens (primary N) is 1. The molecule has 0 radical (unpaired) electrons. The summed E-state index contributed by atoms with van der Waals surface area (Å²) in [7, 11) is 0. The molecule has 0 saturated carbocycles. The topological polar surface area (TPSA) is 58.4 Å². The van der Waals surface area contributed by atoms with Crippen LogP contribution in [0.2, 0.25) is 0 Å². The number of rotatable bonds is 4. The Bertz CT molecular complexity index is 545. The predicted octanol–water partition coefficient (Wildman–Crippen LogP) is 2.98. The molecule has 0 spiro atoms. The van der Waals surface area contributed by atoms with E-state index < -0.39 is 0 Å². The van der Waals surface area contributed by atoms with E-state index in [4.69, 9.17) is 5.73 Å². The summed E-state index contributed by atoms with van der Waals surface area (Å²) in [5, 5.41) is 3.10. The molecule has 1 unspecified atom stereocenters. The van der Waals surface area contributed by atoms with Gasteiger partial charge in [0.05, 0.1) is 6.54 Å². The zero-order valence-electron chi connectivity index (χ0n) is 14.7. The highest BCUT2D eigenvalue weighted by molar-refractivity contribution is 5.93. The van der Waals surface area contributed by atoms with Crippen molar-refractivity contribution >= 4 is 24.0 Å². The maximum absolute atomic E-state index is 12.4. The first-order valence-electron chi connectivity index (χ1n) is 8.19. The number of benzene rings is 1. The van der Waals surface area contributed by atoms with Gasteiger partial charge in [-0.3, -0.25) is 9.69 Å². The van der Waals surface area contributed by atoms with Crippen LogP contribution in [0.15, 0.2) is 18.2 Å². The van der Waals surface area contributed by atoms with Crippen molar-refractivity contribution in [1.82, 2.24) is 4.90 Å². The van der Waals surface area contributed by atoms with Crippen molar-refractivity contribution < 1.29 is 4.79 Å². The van der Waals surface area contributed by atoms with Crippen molar-refractivity contribution in [2.75, 3.05) is 25.0 Å². The molecule has 3 N–H and O–H groups in total. The lowest BCUT2D eigenvalue weighted by atomic mass is 9.80. The van der Waals surface area contributed by atoms with Gasteiger partial charge >= 0.3 is 0 Å². The molecule has 0 aliphatic carbocycles. The summed E-state index contributed by atoms with van der Waals surface area (Å²) < 4.78 is 0. The van der Waals surface area contributed by atoms with E-state index >= 15 is 0 Å². The lowest BCUT2D eigenvalue weighted by molar-refractivity contribution is -0.118. The van der Waals surface area contributed by atoms with E-state index in [0.717, 1.165) is 37.2 Å². The molecule has 5 heteroatoms. The smallest absolute Gasteiger partial charge is 0.238 e. The number of aryl methyl sites for hydroxylation is 2. The average Bonchev–Trinajstić information content (AvgIpc) is 2.44. The first-order chi connectivity index (χ1) is 10.3. The van der Waals surface area contributed by atoms with Crippen LogP contribution < -0.4 is 11.1 Å². The fraction of sp³-hybridized carbons (Fsp3) is 0.611. The van der Waals surface area contributed by atoms with Crippen LogP contribution in [0.3, 0.4) is 0 Å². The molecule has 1 saturated heterocycles. The molecular weight excluding hydrogens is 310 g/mol. The number of amides is 1. The van der Waals surface area contributed by atoms with Gasteiger partial charge in [0, 0.05) is 24.8 Å². The monoisotopic (exact) mass is 339 g/mol. The van der Waals surface area contributed by atoms with Crippen molar-refractivity contribution in [2.24, 2.45) is 11.1 Å². The van der Waals surface area contributed by atoms with E-state index in [2.05, 4.69) is 37.1 Å². The first kappa shape index (κ1) is 19.9. The summed E-state index contributed by atoms with van der Waals surface area (Å²) in [6, 6.07) is 6.37. The number of hydrogen-bond acceptors (Lipinski definition) is 3. The SMILES string of the molecule is CCc1cccc(C)c1NC(=O)CN1CCC(N)C(C)(C)C1.Cl. The zero-order chi connectivity index (χ0) is 16.3. The zero-order valence-corrected chi connectivity index (χ0v) is 15.5. The van der Waals surface area contributed by atoms with Gasteiger partial charge in [-0.2, -0.15) is 0 Å². The number of nitrogens with one attached hydrogen (secondary N) is 1. The third-order valence-electron chi connectivity index (χ3n) is 4.76. The average molecular weight is 340 g/mol. The molecule has 0 bridgehead atoms. The van der Waals surface area contributed by atoms with Gasteiger partial charge in [-0.25, -0.2) is 0 Å². The van der Waals surface area contributed by atoms with E-state index in [1.165, 1.54) is 5.56 Å². The second kappa shape index (κ2) is 8.13. The molecule has 130 valence electrons. The quantitative estimate of drug-likeness (QED) is 0.886. The second-order valence-electron chi connectivity index (χ2n) is 7.11. The Morgan fingerprint density at radius 3 is 2.74 bits per heavy atom. The second-order valence-corrected chi connectivity index (χ2v) is 7.11. The van der Waals surface area contributed by atoms with Crippen molar-refractivity contribution in [3.05, 3.63) is 29.3 Å². The van der Waals surface area contributed by atoms with Gasteiger partial charge in [0.25, 0.3) is 0 Å². The van der Waals surface area contributed by atoms with E-state index in [-0.39, 0.29) is 29.8 Å². The molecule has 1 heterocycles. The predicted molar refractivity (Wildman–Crippen MR) is 99.2 cm³/mol. The Balaban J connectivity index is 0.00000264. The Morgan fingerprint density at radius 2 is 2.13 bits per heavy atom. The molecule has 1 aromatic rings. The Hall–Kier alpha value is -1.10. The summed E-state index contributed by atoms with van der Waals surface area (Å²) in [4.78, 5) is 14.6. The number of carbonyl (C=O) groups excluding carboxylic acids is 1. The molecule has 0 aromatic heterocycles. The molecule has 1 atom stereocenters. The number of anilines is 1.